The second-order valence-electron chi connectivity index (χ2n) is 3.02. The summed E-state index contributed by atoms with van der Waals surface area (Å²) < 4.78 is 0. The van der Waals surface area contributed by atoms with Gasteiger partial charge in [-0.25, -0.2) is 0 Å². The zero-order valence-electron chi connectivity index (χ0n) is 6.32. The lowest BCUT2D eigenvalue weighted by atomic mass is 10.1. The van der Waals surface area contributed by atoms with Crippen LogP contribution in [-0.4, -0.2) is 47.5 Å². The molecule has 3 nitrogen and oxygen atoms in total. The van der Waals surface area contributed by atoms with Crippen molar-refractivity contribution >= 4 is 0 Å². The fraction of sp³-hybridized carbons (Fsp3) is 1.00. The van der Waals surface area contributed by atoms with Crippen molar-refractivity contribution in [2.75, 3.05) is 20.1 Å². The molecular weight excluding hydrogens is 130 g/mol. The minimum Gasteiger partial charge on any atom is -0.390 e. The number of hydrogen-bond donors (Lipinski definition) is 2. The molecule has 0 aromatic carbocycles. The molecule has 0 radical (unpaired) electrons. The van der Waals surface area contributed by atoms with Gasteiger partial charge in [-0.15, -0.1) is 0 Å². The molecule has 1 aliphatic heterocycles. The highest BCUT2D eigenvalue weighted by molar-refractivity contribution is 4.73. The van der Waals surface area contributed by atoms with Crippen molar-refractivity contribution in [1.29, 1.82) is 0 Å². The van der Waals surface area contributed by atoms with Gasteiger partial charge in [-0.2, -0.15) is 0 Å². The monoisotopic (exact) mass is 145 g/mol. The molecule has 60 valence electrons. The van der Waals surface area contributed by atoms with E-state index in [1.165, 1.54) is 0 Å². The maximum absolute atomic E-state index is 9.20. The summed E-state index contributed by atoms with van der Waals surface area (Å²) in [5, 5.41) is 18.4. The van der Waals surface area contributed by atoms with E-state index in [1.807, 2.05) is 7.05 Å². The maximum atomic E-state index is 9.20. The van der Waals surface area contributed by atoms with Gasteiger partial charge < -0.3 is 15.1 Å². The van der Waals surface area contributed by atoms with Gasteiger partial charge in [0.2, 0.25) is 0 Å². The number of hydrogen-bond acceptors (Lipinski definition) is 3. The first-order valence-corrected chi connectivity index (χ1v) is 3.75. The molecule has 1 heterocycles. The summed E-state index contributed by atoms with van der Waals surface area (Å²) in [6.07, 6.45) is 0.366. The van der Waals surface area contributed by atoms with Gasteiger partial charge in [0.15, 0.2) is 0 Å². The number of likely N-dealkylation sites (tertiary alicyclic amines) is 1. The molecule has 0 amide bonds. The molecule has 0 bridgehead atoms. The summed E-state index contributed by atoms with van der Waals surface area (Å²) >= 11 is 0. The zero-order chi connectivity index (χ0) is 7.56. The molecule has 0 saturated carbocycles. The van der Waals surface area contributed by atoms with Gasteiger partial charge in [0.1, 0.15) is 0 Å². The van der Waals surface area contributed by atoms with E-state index in [1.54, 1.807) is 0 Å². The van der Waals surface area contributed by atoms with E-state index in [2.05, 4.69) is 4.90 Å². The van der Waals surface area contributed by atoms with Gasteiger partial charge in [-0.3, -0.25) is 0 Å². The summed E-state index contributed by atoms with van der Waals surface area (Å²) in [5.41, 5.74) is 0. The molecule has 3 heteroatoms. The second-order valence-corrected chi connectivity index (χ2v) is 3.02. The van der Waals surface area contributed by atoms with Crippen LogP contribution in [0.25, 0.3) is 0 Å². The fourth-order valence-electron chi connectivity index (χ4n) is 1.20. The van der Waals surface area contributed by atoms with Crippen LogP contribution in [0.1, 0.15) is 12.8 Å². The molecule has 0 aromatic heterocycles. The number of aliphatic hydroxyl groups is 2. The molecule has 2 unspecified atom stereocenters. The minimum atomic E-state index is -0.509. The van der Waals surface area contributed by atoms with Crippen molar-refractivity contribution in [3.05, 3.63) is 0 Å². The topological polar surface area (TPSA) is 43.7 Å². The smallest absolute Gasteiger partial charge is 0.0811 e. The largest absolute Gasteiger partial charge is 0.390 e. The quantitative estimate of drug-likeness (QED) is 0.480. The van der Waals surface area contributed by atoms with Gasteiger partial charge in [0.25, 0.3) is 0 Å². The molecule has 1 fully saturated rings. The summed E-state index contributed by atoms with van der Waals surface area (Å²) in [6.45, 7) is 1.77. The van der Waals surface area contributed by atoms with Crippen LogP contribution in [0, 0.1) is 0 Å². The Labute approximate surface area is 61.3 Å². The Morgan fingerprint density at radius 2 is 1.50 bits per heavy atom. The van der Waals surface area contributed by atoms with Crippen LogP contribution in [0.15, 0.2) is 0 Å². The van der Waals surface area contributed by atoms with Gasteiger partial charge in [-0.1, -0.05) is 0 Å². The Bertz CT molecular complexity index is 95.8. The predicted octanol–water partition coefficient (Wildman–Crippen LogP) is -0.566. The molecule has 1 aliphatic rings. The van der Waals surface area contributed by atoms with E-state index >= 15 is 0 Å². The van der Waals surface area contributed by atoms with Crippen molar-refractivity contribution in [2.24, 2.45) is 0 Å². The number of aliphatic hydroxyl groups excluding tert-OH is 2. The average Bonchev–Trinajstić information content (AvgIpc) is 2.04. The lowest BCUT2D eigenvalue weighted by Crippen LogP contribution is -2.24. The minimum absolute atomic E-state index is 0.509. The Morgan fingerprint density at radius 1 is 1.10 bits per heavy atom. The molecule has 2 N–H and O–H groups in total. The maximum Gasteiger partial charge on any atom is 0.0811 e. The first-order chi connectivity index (χ1) is 4.70. The van der Waals surface area contributed by atoms with Crippen molar-refractivity contribution in [3.8, 4) is 0 Å². The van der Waals surface area contributed by atoms with Crippen molar-refractivity contribution in [2.45, 2.75) is 25.0 Å². The Balaban J connectivity index is 2.38. The van der Waals surface area contributed by atoms with Gasteiger partial charge >= 0.3 is 0 Å². The molecule has 0 aliphatic carbocycles. The van der Waals surface area contributed by atoms with Crippen LogP contribution in [0.4, 0.5) is 0 Å². The molecule has 1 rings (SSSR count). The van der Waals surface area contributed by atoms with Crippen molar-refractivity contribution < 1.29 is 10.2 Å². The van der Waals surface area contributed by atoms with Crippen LogP contribution < -0.4 is 0 Å². The normalized spacial score (nSPS) is 37.5. The van der Waals surface area contributed by atoms with Crippen LogP contribution in [-0.2, 0) is 0 Å². The first-order valence-electron chi connectivity index (χ1n) is 3.75. The van der Waals surface area contributed by atoms with Crippen LogP contribution >= 0.6 is 0 Å². The predicted molar refractivity (Wildman–Crippen MR) is 38.7 cm³/mol. The Kier molecular flexibility index (Phi) is 2.65. The average molecular weight is 145 g/mol. The summed E-state index contributed by atoms with van der Waals surface area (Å²) in [7, 11) is 2.00. The summed E-state index contributed by atoms with van der Waals surface area (Å²) in [6, 6.07) is 0. The van der Waals surface area contributed by atoms with E-state index in [4.69, 9.17) is 0 Å². The molecule has 1 saturated heterocycles. The zero-order valence-corrected chi connectivity index (χ0v) is 6.32. The van der Waals surface area contributed by atoms with E-state index in [0.717, 1.165) is 13.1 Å². The third-order valence-electron chi connectivity index (χ3n) is 2.06. The molecular formula is C7H15NO2. The SMILES string of the molecule is CN1CCC(O)C(O)CC1. The molecule has 0 spiro atoms. The molecule has 2 atom stereocenters. The molecule has 0 aromatic rings. The van der Waals surface area contributed by atoms with E-state index in [-0.39, 0.29) is 0 Å². The third kappa shape index (κ3) is 1.94. The lowest BCUT2D eigenvalue weighted by Gasteiger charge is -2.11. The van der Waals surface area contributed by atoms with E-state index < -0.39 is 12.2 Å². The third-order valence-corrected chi connectivity index (χ3v) is 2.06. The van der Waals surface area contributed by atoms with Crippen molar-refractivity contribution in [3.63, 3.8) is 0 Å². The Hall–Kier alpha value is -0.120. The fourth-order valence-corrected chi connectivity index (χ4v) is 1.20. The standard InChI is InChI=1S/C7H15NO2/c1-8-4-2-6(9)7(10)3-5-8/h6-7,9-10H,2-5H2,1H3. The van der Waals surface area contributed by atoms with E-state index in [9.17, 15) is 10.2 Å². The van der Waals surface area contributed by atoms with Gasteiger partial charge in [-0.05, 0) is 19.9 Å². The second kappa shape index (κ2) is 3.32. The lowest BCUT2D eigenvalue weighted by molar-refractivity contribution is 0.0187. The van der Waals surface area contributed by atoms with Gasteiger partial charge in [0.05, 0.1) is 12.2 Å². The number of rotatable bonds is 0. The summed E-state index contributed by atoms with van der Waals surface area (Å²) in [5.74, 6) is 0. The number of nitrogens with zero attached hydrogens (tertiary/aromatic N) is 1. The summed E-state index contributed by atoms with van der Waals surface area (Å²) in [4.78, 5) is 2.12. The highest BCUT2D eigenvalue weighted by Gasteiger charge is 2.20. The van der Waals surface area contributed by atoms with Crippen LogP contribution in [0.2, 0.25) is 0 Å². The molecule has 10 heavy (non-hydrogen) atoms. The van der Waals surface area contributed by atoms with Crippen LogP contribution in [0.3, 0.4) is 0 Å². The van der Waals surface area contributed by atoms with Gasteiger partial charge in [0, 0.05) is 13.1 Å². The van der Waals surface area contributed by atoms with Crippen molar-refractivity contribution in [1.82, 2.24) is 4.90 Å². The Morgan fingerprint density at radius 3 is 1.90 bits per heavy atom. The van der Waals surface area contributed by atoms with E-state index in [0.29, 0.717) is 12.8 Å². The first kappa shape index (κ1) is 7.98. The van der Waals surface area contributed by atoms with Crippen LogP contribution in [0.5, 0.6) is 0 Å². The highest BCUT2D eigenvalue weighted by Crippen LogP contribution is 2.09. The highest BCUT2D eigenvalue weighted by atomic mass is 16.3.